The average molecular weight is 322 g/mol. The molecule has 2 aromatic rings. The van der Waals surface area contributed by atoms with Crippen molar-refractivity contribution < 1.29 is 0 Å². The zero-order chi connectivity index (χ0) is 15.6. The molecule has 0 aromatic carbocycles. The summed E-state index contributed by atoms with van der Waals surface area (Å²) in [5, 5.41) is 7.40. The number of hydrogen-bond donors (Lipinski definition) is 1. The van der Waals surface area contributed by atoms with Gasteiger partial charge in [0.1, 0.15) is 12.2 Å². The van der Waals surface area contributed by atoms with Crippen molar-refractivity contribution in [3.05, 3.63) is 43.0 Å². The Kier molecular flexibility index (Phi) is 4.71. The highest BCUT2D eigenvalue weighted by Gasteiger charge is 2.16. The third-order valence-electron chi connectivity index (χ3n) is 3.15. The minimum atomic E-state index is -0.308. The van der Waals surface area contributed by atoms with Crippen LogP contribution in [-0.4, -0.2) is 9.78 Å². The van der Waals surface area contributed by atoms with Gasteiger partial charge in [0.05, 0.1) is 11.2 Å². The molecule has 2 rings (SSSR count). The first-order chi connectivity index (χ1) is 9.93. The fourth-order valence-electron chi connectivity index (χ4n) is 2.17. The van der Waals surface area contributed by atoms with E-state index in [1.54, 1.807) is 11.3 Å². The summed E-state index contributed by atoms with van der Waals surface area (Å²) in [6, 6.07) is 2.09. The number of nitrogens with one attached hydrogen (secondary N) is 1. The van der Waals surface area contributed by atoms with Crippen LogP contribution in [0, 0.1) is 26.2 Å². The Labute approximate surface area is 132 Å². The van der Waals surface area contributed by atoms with E-state index in [9.17, 15) is 4.79 Å². The normalized spacial score (nSPS) is 12.0. The van der Waals surface area contributed by atoms with Crippen molar-refractivity contribution in [3.8, 4) is 12.3 Å². The molecule has 0 aliphatic heterocycles. The molecular weight excluding hydrogens is 306 g/mol. The lowest BCUT2D eigenvalue weighted by Crippen LogP contribution is -2.26. The van der Waals surface area contributed by atoms with Gasteiger partial charge in [0.25, 0.3) is 5.56 Å². The second kappa shape index (κ2) is 6.33. The number of hydrogen-bond acceptors (Lipinski definition) is 4. The standard InChI is InChI=1S/C15H16ClN3OS/c1-5-6-19-15(20)14(13(16)8-17-19)18-10(3)12-7-9(2)21-11(12)4/h1,7-8,10,18H,6H2,2-4H3. The van der Waals surface area contributed by atoms with Gasteiger partial charge >= 0.3 is 0 Å². The van der Waals surface area contributed by atoms with Crippen LogP contribution in [0.5, 0.6) is 0 Å². The van der Waals surface area contributed by atoms with Gasteiger partial charge < -0.3 is 5.32 Å². The first-order valence-corrected chi connectivity index (χ1v) is 7.66. The SMILES string of the molecule is C#CCn1ncc(Cl)c(NC(C)c2cc(C)sc2C)c1=O. The van der Waals surface area contributed by atoms with E-state index in [2.05, 4.69) is 36.2 Å². The maximum absolute atomic E-state index is 12.3. The van der Waals surface area contributed by atoms with Gasteiger partial charge in [-0.3, -0.25) is 4.79 Å². The second-order valence-electron chi connectivity index (χ2n) is 4.77. The highest BCUT2D eigenvalue weighted by atomic mass is 35.5. The van der Waals surface area contributed by atoms with Crippen molar-refractivity contribution in [2.75, 3.05) is 5.32 Å². The Bertz CT molecular complexity index is 757. The number of nitrogens with zero attached hydrogens (tertiary/aromatic N) is 2. The lowest BCUT2D eigenvalue weighted by atomic mass is 10.1. The average Bonchev–Trinajstić information content (AvgIpc) is 2.77. The van der Waals surface area contributed by atoms with Crippen LogP contribution >= 0.6 is 22.9 Å². The lowest BCUT2D eigenvalue weighted by Gasteiger charge is -2.16. The summed E-state index contributed by atoms with van der Waals surface area (Å²) in [5.74, 6) is 2.40. The molecule has 0 aliphatic carbocycles. The molecule has 0 saturated carbocycles. The molecule has 0 radical (unpaired) electrons. The van der Waals surface area contributed by atoms with Gasteiger partial charge in [-0.25, -0.2) is 4.68 Å². The Morgan fingerprint density at radius 2 is 2.29 bits per heavy atom. The van der Waals surface area contributed by atoms with Gasteiger partial charge in [-0.2, -0.15) is 5.10 Å². The number of aryl methyl sites for hydroxylation is 2. The van der Waals surface area contributed by atoms with E-state index in [1.807, 2.05) is 6.92 Å². The van der Waals surface area contributed by atoms with Crippen molar-refractivity contribution >= 4 is 28.6 Å². The van der Waals surface area contributed by atoms with Gasteiger partial charge in [0, 0.05) is 15.8 Å². The van der Waals surface area contributed by atoms with Gasteiger partial charge in [0.2, 0.25) is 0 Å². The molecule has 1 N–H and O–H groups in total. The minimum Gasteiger partial charge on any atom is -0.373 e. The van der Waals surface area contributed by atoms with Crippen molar-refractivity contribution in [2.24, 2.45) is 0 Å². The third-order valence-corrected chi connectivity index (χ3v) is 4.41. The fourth-order valence-corrected chi connectivity index (χ4v) is 3.37. The lowest BCUT2D eigenvalue weighted by molar-refractivity contribution is 0.662. The predicted octanol–water partition coefficient (Wildman–Crippen LogP) is 3.38. The van der Waals surface area contributed by atoms with E-state index < -0.39 is 0 Å². The number of anilines is 1. The first kappa shape index (κ1) is 15.6. The topological polar surface area (TPSA) is 46.9 Å². The maximum atomic E-state index is 12.3. The molecule has 0 saturated heterocycles. The van der Waals surface area contributed by atoms with Gasteiger partial charge in [-0.05, 0) is 32.4 Å². The summed E-state index contributed by atoms with van der Waals surface area (Å²) in [6.45, 7) is 6.25. The quantitative estimate of drug-likeness (QED) is 0.878. The van der Waals surface area contributed by atoms with Crippen LogP contribution in [0.4, 0.5) is 5.69 Å². The zero-order valence-electron chi connectivity index (χ0n) is 12.1. The van der Waals surface area contributed by atoms with Gasteiger partial charge in [-0.15, -0.1) is 17.8 Å². The summed E-state index contributed by atoms with van der Waals surface area (Å²) >= 11 is 7.82. The van der Waals surface area contributed by atoms with Gasteiger partial charge in [-0.1, -0.05) is 17.5 Å². The highest BCUT2D eigenvalue weighted by molar-refractivity contribution is 7.12. The third kappa shape index (κ3) is 3.29. The largest absolute Gasteiger partial charge is 0.373 e. The smallest absolute Gasteiger partial charge is 0.292 e. The summed E-state index contributed by atoms with van der Waals surface area (Å²) in [5.41, 5.74) is 1.18. The maximum Gasteiger partial charge on any atom is 0.292 e. The van der Waals surface area contributed by atoms with E-state index in [0.29, 0.717) is 10.7 Å². The van der Waals surface area contributed by atoms with Crippen LogP contribution in [0.3, 0.4) is 0 Å². The van der Waals surface area contributed by atoms with Crippen LogP contribution < -0.4 is 10.9 Å². The zero-order valence-corrected chi connectivity index (χ0v) is 13.7. The van der Waals surface area contributed by atoms with Crippen molar-refractivity contribution in [3.63, 3.8) is 0 Å². The minimum absolute atomic E-state index is 0.0261. The molecule has 4 nitrogen and oxygen atoms in total. The van der Waals surface area contributed by atoms with Crippen molar-refractivity contribution in [1.29, 1.82) is 0 Å². The second-order valence-corrected chi connectivity index (χ2v) is 6.64. The highest BCUT2D eigenvalue weighted by Crippen LogP contribution is 2.29. The molecule has 0 amide bonds. The molecule has 0 spiro atoms. The molecule has 21 heavy (non-hydrogen) atoms. The molecule has 6 heteroatoms. The van der Waals surface area contributed by atoms with Crippen LogP contribution in [-0.2, 0) is 6.54 Å². The number of thiophene rings is 1. The number of aromatic nitrogens is 2. The van der Waals surface area contributed by atoms with Gasteiger partial charge in [0.15, 0.2) is 0 Å². The monoisotopic (exact) mass is 321 g/mol. The van der Waals surface area contributed by atoms with E-state index in [-0.39, 0.29) is 18.1 Å². The van der Waals surface area contributed by atoms with E-state index in [1.165, 1.54) is 20.6 Å². The van der Waals surface area contributed by atoms with Crippen LogP contribution in [0.2, 0.25) is 5.02 Å². The summed E-state index contributed by atoms with van der Waals surface area (Å²) in [7, 11) is 0. The molecule has 1 unspecified atom stereocenters. The summed E-state index contributed by atoms with van der Waals surface area (Å²) in [4.78, 5) is 14.8. The predicted molar refractivity (Wildman–Crippen MR) is 88.2 cm³/mol. The molecule has 2 heterocycles. The molecule has 1 atom stereocenters. The summed E-state index contributed by atoms with van der Waals surface area (Å²) < 4.78 is 1.21. The number of rotatable bonds is 4. The first-order valence-electron chi connectivity index (χ1n) is 6.46. The van der Waals surface area contributed by atoms with Crippen LogP contribution in [0.25, 0.3) is 0 Å². The number of halogens is 1. The molecule has 0 bridgehead atoms. The van der Waals surface area contributed by atoms with Crippen molar-refractivity contribution in [2.45, 2.75) is 33.4 Å². The fraction of sp³-hybridized carbons (Fsp3) is 0.333. The van der Waals surface area contributed by atoms with E-state index >= 15 is 0 Å². The van der Waals surface area contributed by atoms with Crippen LogP contribution in [0.1, 0.15) is 28.3 Å². The Morgan fingerprint density at radius 3 is 2.86 bits per heavy atom. The number of terminal acetylenes is 1. The van der Waals surface area contributed by atoms with Crippen LogP contribution in [0.15, 0.2) is 17.1 Å². The Morgan fingerprint density at radius 1 is 1.57 bits per heavy atom. The van der Waals surface area contributed by atoms with E-state index in [4.69, 9.17) is 18.0 Å². The molecular formula is C15H16ClN3OS. The van der Waals surface area contributed by atoms with Crippen molar-refractivity contribution in [1.82, 2.24) is 9.78 Å². The Balaban J connectivity index is 2.35. The molecule has 2 aromatic heterocycles. The molecule has 110 valence electrons. The van der Waals surface area contributed by atoms with E-state index in [0.717, 1.165) is 5.56 Å². The summed E-state index contributed by atoms with van der Waals surface area (Å²) in [6.07, 6.45) is 6.66. The molecule has 0 aliphatic rings. The Hall–Kier alpha value is -1.77. The molecule has 0 fully saturated rings.